The lowest BCUT2D eigenvalue weighted by Crippen LogP contribution is -2.24. The largest absolute Gasteiger partial charge is 0.308 e. The SMILES string of the molecule is C[C@@H](c1ccccc1)n1ccc2c(cnc3ncnn32)c1=O. The molecule has 1 atom stereocenters. The van der Waals surface area contributed by atoms with E-state index < -0.39 is 0 Å². The van der Waals surface area contributed by atoms with E-state index in [1.165, 1.54) is 6.33 Å². The van der Waals surface area contributed by atoms with Gasteiger partial charge < -0.3 is 4.57 Å². The fourth-order valence-corrected chi connectivity index (χ4v) is 2.68. The molecule has 0 aliphatic rings. The van der Waals surface area contributed by atoms with Crippen molar-refractivity contribution in [1.29, 1.82) is 0 Å². The van der Waals surface area contributed by atoms with Crippen LogP contribution in [-0.2, 0) is 0 Å². The van der Waals surface area contributed by atoms with Crippen molar-refractivity contribution in [3.8, 4) is 0 Å². The van der Waals surface area contributed by atoms with E-state index in [2.05, 4.69) is 15.1 Å². The minimum absolute atomic E-state index is 0.0513. The Kier molecular flexibility index (Phi) is 2.75. The molecule has 0 aliphatic heterocycles. The Morgan fingerprint density at radius 2 is 1.91 bits per heavy atom. The van der Waals surface area contributed by atoms with Gasteiger partial charge in [0.2, 0.25) is 0 Å². The third-order valence-electron chi connectivity index (χ3n) is 3.90. The first-order valence-electron chi connectivity index (χ1n) is 7.00. The van der Waals surface area contributed by atoms with Gasteiger partial charge in [-0.15, -0.1) is 0 Å². The van der Waals surface area contributed by atoms with Crippen LogP contribution in [0.1, 0.15) is 18.5 Å². The standard InChI is InChI=1S/C16H13N5O/c1-11(12-5-3-2-4-6-12)20-8-7-14-13(15(20)22)9-17-16-18-10-19-21(14)16/h2-11H,1H3/t11-/m0/s1. The number of pyridine rings is 1. The molecule has 0 bridgehead atoms. The van der Waals surface area contributed by atoms with Gasteiger partial charge in [-0.05, 0) is 18.6 Å². The van der Waals surface area contributed by atoms with E-state index in [4.69, 9.17) is 0 Å². The predicted octanol–water partition coefficient (Wildman–Crippen LogP) is 2.05. The Bertz CT molecular complexity index is 1020. The Morgan fingerprint density at radius 1 is 1.09 bits per heavy atom. The van der Waals surface area contributed by atoms with Crippen LogP contribution < -0.4 is 5.56 Å². The second kappa shape index (κ2) is 4.77. The first-order valence-corrected chi connectivity index (χ1v) is 7.00. The summed E-state index contributed by atoms with van der Waals surface area (Å²) >= 11 is 0. The van der Waals surface area contributed by atoms with Crippen molar-refractivity contribution < 1.29 is 0 Å². The summed E-state index contributed by atoms with van der Waals surface area (Å²) in [6, 6.07) is 11.8. The maximum atomic E-state index is 12.8. The maximum Gasteiger partial charge on any atom is 0.262 e. The van der Waals surface area contributed by atoms with Crippen LogP contribution in [-0.4, -0.2) is 24.1 Å². The topological polar surface area (TPSA) is 65.1 Å². The number of hydrogen-bond acceptors (Lipinski definition) is 4. The molecule has 0 N–H and O–H groups in total. The van der Waals surface area contributed by atoms with Gasteiger partial charge >= 0.3 is 0 Å². The molecule has 4 aromatic rings. The van der Waals surface area contributed by atoms with Crippen molar-refractivity contribution in [2.45, 2.75) is 13.0 Å². The molecule has 0 amide bonds. The second-order valence-electron chi connectivity index (χ2n) is 5.14. The fraction of sp³-hybridized carbons (Fsp3) is 0.125. The summed E-state index contributed by atoms with van der Waals surface area (Å²) in [6.07, 6.45) is 4.79. The molecule has 0 unspecified atom stereocenters. The van der Waals surface area contributed by atoms with Gasteiger partial charge in [0.05, 0.1) is 16.9 Å². The molecule has 1 aromatic carbocycles. The Balaban J connectivity index is 1.95. The average Bonchev–Trinajstić information content (AvgIpc) is 3.04. The van der Waals surface area contributed by atoms with Crippen LogP contribution in [0.15, 0.2) is 59.9 Å². The number of benzene rings is 1. The third-order valence-corrected chi connectivity index (χ3v) is 3.90. The molecule has 22 heavy (non-hydrogen) atoms. The Morgan fingerprint density at radius 3 is 2.73 bits per heavy atom. The molecule has 0 spiro atoms. The summed E-state index contributed by atoms with van der Waals surface area (Å²) in [4.78, 5) is 21.0. The maximum absolute atomic E-state index is 12.8. The van der Waals surface area contributed by atoms with Gasteiger partial charge in [-0.25, -0.2) is 4.98 Å². The molecule has 6 heteroatoms. The summed E-state index contributed by atoms with van der Waals surface area (Å²) in [7, 11) is 0. The lowest BCUT2D eigenvalue weighted by molar-refractivity contribution is 0.619. The van der Waals surface area contributed by atoms with E-state index >= 15 is 0 Å². The van der Waals surface area contributed by atoms with Crippen LogP contribution >= 0.6 is 0 Å². The highest BCUT2D eigenvalue weighted by molar-refractivity contribution is 5.78. The number of rotatable bonds is 2. The molecule has 3 heterocycles. The van der Waals surface area contributed by atoms with Gasteiger partial charge in [0.1, 0.15) is 6.33 Å². The lowest BCUT2D eigenvalue weighted by atomic mass is 10.1. The van der Waals surface area contributed by atoms with Gasteiger partial charge in [0.15, 0.2) is 0 Å². The van der Waals surface area contributed by atoms with Crippen LogP contribution in [0, 0.1) is 0 Å². The molecule has 0 saturated carbocycles. The minimum Gasteiger partial charge on any atom is -0.308 e. The Labute approximate surface area is 125 Å². The first kappa shape index (κ1) is 12.7. The van der Waals surface area contributed by atoms with Crippen molar-refractivity contribution in [2.24, 2.45) is 0 Å². The van der Waals surface area contributed by atoms with Crippen LogP contribution in [0.4, 0.5) is 0 Å². The highest BCUT2D eigenvalue weighted by atomic mass is 16.1. The van der Waals surface area contributed by atoms with Gasteiger partial charge in [-0.2, -0.15) is 14.6 Å². The fourth-order valence-electron chi connectivity index (χ4n) is 2.68. The van der Waals surface area contributed by atoms with Crippen molar-refractivity contribution in [2.75, 3.05) is 0 Å². The van der Waals surface area contributed by atoms with Crippen molar-refractivity contribution >= 4 is 16.7 Å². The molecule has 0 aliphatic carbocycles. The highest BCUT2D eigenvalue weighted by Gasteiger charge is 2.13. The van der Waals surface area contributed by atoms with Gasteiger partial charge in [-0.1, -0.05) is 30.3 Å². The molecule has 6 nitrogen and oxygen atoms in total. The highest BCUT2D eigenvalue weighted by Crippen LogP contribution is 2.17. The summed E-state index contributed by atoms with van der Waals surface area (Å²) in [5.74, 6) is 0.487. The average molecular weight is 291 g/mol. The molecule has 0 radical (unpaired) electrons. The monoisotopic (exact) mass is 291 g/mol. The van der Waals surface area contributed by atoms with Crippen molar-refractivity contribution in [1.82, 2.24) is 24.1 Å². The Hall–Kier alpha value is -3.02. The molecule has 0 fully saturated rings. The number of nitrogens with zero attached hydrogens (tertiary/aromatic N) is 5. The van der Waals surface area contributed by atoms with E-state index in [-0.39, 0.29) is 11.6 Å². The van der Waals surface area contributed by atoms with Gasteiger partial charge in [-0.3, -0.25) is 4.79 Å². The van der Waals surface area contributed by atoms with Crippen LogP contribution in [0.25, 0.3) is 16.7 Å². The predicted molar refractivity (Wildman–Crippen MR) is 82.8 cm³/mol. The number of hydrogen-bond donors (Lipinski definition) is 0. The van der Waals surface area contributed by atoms with Crippen LogP contribution in [0.2, 0.25) is 0 Å². The first-order chi connectivity index (χ1) is 10.8. The summed E-state index contributed by atoms with van der Waals surface area (Å²) < 4.78 is 3.29. The molecular weight excluding hydrogens is 278 g/mol. The van der Waals surface area contributed by atoms with Gasteiger partial charge in [0, 0.05) is 12.4 Å². The molecule has 0 saturated heterocycles. The normalized spacial score (nSPS) is 12.8. The van der Waals surface area contributed by atoms with E-state index in [9.17, 15) is 4.79 Å². The molecular formula is C16H13N5O. The van der Waals surface area contributed by atoms with Crippen LogP contribution in [0.5, 0.6) is 0 Å². The number of fused-ring (bicyclic) bond motifs is 3. The summed E-state index contributed by atoms with van der Waals surface area (Å²) in [5.41, 5.74) is 1.71. The summed E-state index contributed by atoms with van der Waals surface area (Å²) in [5, 5.41) is 4.65. The molecule has 108 valence electrons. The molecule has 4 rings (SSSR count). The smallest absolute Gasteiger partial charge is 0.262 e. The lowest BCUT2D eigenvalue weighted by Gasteiger charge is -2.16. The zero-order chi connectivity index (χ0) is 15.1. The number of aromatic nitrogens is 5. The van der Waals surface area contributed by atoms with Gasteiger partial charge in [0.25, 0.3) is 11.3 Å². The van der Waals surface area contributed by atoms with Crippen LogP contribution in [0.3, 0.4) is 0 Å². The van der Waals surface area contributed by atoms with Crippen molar-refractivity contribution in [3.05, 3.63) is 71.0 Å². The van der Waals surface area contributed by atoms with E-state index in [1.54, 1.807) is 21.5 Å². The van der Waals surface area contributed by atoms with Crippen molar-refractivity contribution in [3.63, 3.8) is 0 Å². The quantitative estimate of drug-likeness (QED) is 0.567. The zero-order valence-electron chi connectivity index (χ0n) is 11.9. The second-order valence-corrected chi connectivity index (χ2v) is 5.14. The summed E-state index contributed by atoms with van der Waals surface area (Å²) in [6.45, 7) is 2.00. The van der Waals surface area contributed by atoms with E-state index in [0.29, 0.717) is 16.7 Å². The molecule has 3 aromatic heterocycles. The van der Waals surface area contributed by atoms with E-state index in [1.807, 2.05) is 43.3 Å². The zero-order valence-corrected chi connectivity index (χ0v) is 11.9. The third kappa shape index (κ3) is 1.81. The van der Waals surface area contributed by atoms with E-state index in [0.717, 1.165) is 5.56 Å². The minimum atomic E-state index is -0.0845.